The molecule has 0 saturated heterocycles. The number of fused-ring (bicyclic) bond motifs is 1. The molecule has 2 aliphatic heterocycles. The molecular formula is C17H21N3O3S. The molecule has 1 aromatic carbocycles. The van der Waals surface area contributed by atoms with Crippen LogP contribution in [0.15, 0.2) is 52.7 Å². The topological polar surface area (TPSA) is 85.2 Å². The predicted molar refractivity (Wildman–Crippen MR) is 97.1 cm³/mol. The first-order chi connectivity index (χ1) is 11.4. The van der Waals surface area contributed by atoms with Gasteiger partial charge in [0.2, 0.25) is 0 Å². The Morgan fingerprint density at radius 1 is 1.29 bits per heavy atom. The number of nitrogens with one attached hydrogen (secondary N) is 1. The summed E-state index contributed by atoms with van der Waals surface area (Å²) in [5.74, 6) is 0.731. The smallest absolute Gasteiger partial charge is 0.255 e. The van der Waals surface area contributed by atoms with Gasteiger partial charge < -0.3 is 10.2 Å². The highest BCUT2D eigenvalue weighted by molar-refractivity contribution is 8.23. The van der Waals surface area contributed by atoms with E-state index in [1.807, 2.05) is 12.1 Å². The first-order valence-electron chi connectivity index (χ1n) is 7.78. The number of hydrogen-bond donors (Lipinski definition) is 3. The highest BCUT2D eigenvalue weighted by Gasteiger charge is 2.28. The van der Waals surface area contributed by atoms with Crippen molar-refractivity contribution in [2.75, 3.05) is 12.3 Å². The van der Waals surface area contributed by atoms with Crippen molar-refractivity contribution >= 4 is 22.5 Å². The third kappa shape index (κ3) is 3.53. The van der Waals surface area contributed by atoms with Crippen LogP contribution in [0.2, 0.25) is 0 Å². The van der Waals surface area contributed by atoms with Crippen molar-refractivity contribution in [3.63, 3.8) is 0 Å². The number of amidine groups is 1. The van der Waals surface area contributed by atoms with E-state index in [1.165, 1.54) is 5.56 Å². The fraction of sp³-hybridized carbons (Fsp3) is 0.294. The van der Waals surface area contributed by atoms with Crippen molar-refractivity contribution in [2.24, 2.45) is 4.40 Å². The number of carbonyl (C=O) groups is 1. The van der Waals surface area contributed by atoms with Gasteiger partial charge in [0.1, 0.15) is 0 Å². The molecule has 2 aliphatic rings. The lowest BCUT2D eigenvalue weighted by Crippen LogP contribution is -2.41. The summed E-state index contributed by atoms with van der Waals surface area (Å²) in [6.07, 6.45) is 5.31. The molecule has 0 unspecified atom stereocenters. The molecule has 3 rings (SSSR count). The Morgan fingerprint density at radius 3 is 2.67 bits per heavy atom. The Balaban J connectivity index is 1.79. The maximum Gasteiger partial charge on any atom is 0.255 e. The maximum absolute atomic E-state index is 12.5. The largest absolute Gasteiger partial charge is 0.328 e. The standard InChI is InChI=1S/C17H21N3O3S/c1-12(2)13-5-7-14(8-6-13)17(21)18-15-4-3-9-20-10-11-24(22,23)19-16(15)20/h3-9,12,22-23H,10-11H2,1-2H3,(H,18,21). The van der Waals surface area contributed by atoms with Crippen molar-refractivity contribution < 1.29 is 13.9 Å². The predicted octanol–water partition coefficient (Wildman–Crippen LogP) is 3.33. The highest BCUT2D eigenvalue weighted by Crippen LogP contribution is 2.43. The summed E-state index contributed by atoms with van der Waals surface area (Å²) >= 11 is 0. The van der Waals surface area contributed by atoms with Gasteiger partial charge in [-0.1, -0.05) is 36.8 Å². The van der Waals surface area contributed by atoms with Crippen LogP contribution in [-0.2, 0) is 0 Å². The van der Waals surface area contributed by atoms with Gasteiger partial charge >= 0.3 is 0 Å². The SMILES string of the molecule is CC(C)c1ccc(C(=O)NC2=CC=CN3CCS(O)(O)N=C23)cc1. The Bertz CT molecular complexity index is 736. The number of hydrogen-bond acceptors (Lipinski definition) is 5. The van der Waals surface area contributed by atoms with Crippen molar-refractivity contribution in [1.82, 2.24) is 10.2 Å². The lowest BCUT2D eigenvalue weighted by molar-refractivity contribution is 0.0967. The van der Waals surface area contributed by atoms with Gasteiger partial charge in [-0.3, -0.25) is 13.9 Å². The fourth-order valence-electron chi connectivity index (χ4n) is 2.54. The minimum Gasteiger partial charge on any atom is -0.328 e. The van der Waals surface area contributed by atoms with Gasteiger partial charge in [-0.15, -0.1) is 4.40 Å². The zero-order chi connectivity index (χ0) is 17.3. The van der Waals surface area contributed by atoms with E-state index in [2.05, 4.69) is 23.6 Å². The van der Waals surface area contributed by atoms with Crippen LogP contribution in [0.4, 0.5) is 0 Å². The van der Waals surface area contributed by atoms with Crippen LogP contribution in [0.1, 0.15) is 35.7 Å². The van der Waals surface area contributed by atoms with Crippen molar-refractivity contribution in [2.45, 2.75) is 19.8 Å². The van der Waals surface area contributed by atoms with Crippen LogP contribution in [0.5, 0.6) is 0 Å². The van der Waals surface area contributed by atoms with E-state index < -0.39 is 10.8 Å². The second kappa shape index (κ2) is 6.43. The summed E-state index contributed by atoms with van der Waals surface area (Å²) in [4.78, 5) is 14.3. The number of carbonyl (C=O) groups excluding carboxylic acids is 1. The number of benzene rings is 1. The van der Waals surface area contributed by atoms with Gasteiger partial charge in [-0.05, 0) is 35.8 Å². The van der Waals surface area contributed by atoms with Gasteiger partial charge in [0.15, 0.2) is 5.84 Å². The summed E-state index contributed by atoms with van der Waals surface area (Å²) in [5.41, 5.74) is 2.18. The monoisotopic (exact) mass is 347 g/mol. The summed E-state index contributed by atoms with van der Waals surface area (Å²) < 4.78 is 23.7. The quantitative estimate of drug-likeness (QED) is 0.783. The lowest BCUT2D eigenvalue weighted by atomic mass is 10.0. The highest BCUT2D eigenvalue weighted by atomic mass is 32.3. The second-order valence-corrected chi connectivity index (χ2v) is 7.95. The minimum atomic E-state index is -2.98. The second-order valence-electron chi connectivity index (χ2n) is 6.10. The van der Waals surface area contributed by atoms with E-state index in [9.17, 15) is 13.9 Å². The number of rotatable bonds is 3. The van der Waals surface area contributed by atoms with E-state index in [-0.39, 0.29) is 11.7 Å². The molecule has 0 fully saturated rings. The van der Waals surface area contributed by atoms with Crippen molar-refractivity contribution in [1.29, 1.82) is 0 Å². The molecule has 0 bridgehead atoms. The van der Waals surface area contributed by atoms with Gasteiger partial charge in [-0.25, -0.2) is 0 Å². The van der Waals surface area contributed by atoms with E-state index in [0.29, 0.717) is 29.6 Å². The first kappa shape index (κ1) is 16.8. The Labute approximate surface area is 143 Å². The van der Waals surface area contributed by atoms with E-state index in [0.717, 1.165) is 0 Å². The van der Waals surface area contributed by atoms with Crippen LogP contribution in [0.3, 0.4) is 0 Å². The molecule has 2 heterocycles. The Kier molecular flexibility index (Phi) is 4.49. The first-order valence-corrected chi connectivity index (χ1v) is 9.46. The Morgan fingerprint density at radius 2 is 2.00 bits per heavy atom. The summed E-state index contributed by atoms with van der Waals surface area (Å²) in [6, 6.07) is 7.46. The average molecular weight is 347 g/mol. The Hall–Kier alpha value is -2.09. The molecule has 0 saturated carbocycles. The van der Waals surface area contributed by atoms with Gasteiger partial charge in [0.25, 0.3) is 5.91 Å². The minimum absolute atomic E-state index is 0.193. The molecule has 7 heteroatoms. The van der Waals surface area contributed by atoms with E-state index >= 15 is 0 Å². The molecule has 1 amide bonds. The molecule has 1 aromatic rings. The molecule has 0 aromatic heterocycles. The van der Waals surface area contributed by atoms with Crippen LogP contribution < -0.4 is 5.32 Å². The molecule has 0 radical (unpaired) electrons. The zero-order valence-electron chi connectivity index (χ0n) is 13.6. The van der Waals surface area contributed by atoms with Crippen LogP contribution >= 0.6 is 10.8 Å². The van der Waals surface area contributed by atoms with Crippen LogP contribution in [0, 0.1) is 0 Å². The van der Waals surface area contributed by atoms with Crippen LogP contribution in [-0.4, -0.2) is 38.0 Å². The van der Waals surface area contributed by atoms with Gasteiger partial charge in [0, 0.05) is 18.3 Å². The number of amides is 1. The zero-order valence-corrected chi connectivity index (χ0v) is 14.5. The summed E-state index contributed by atoms with van der Waals surface area (Å²) in [5, 5.41) is 2.81. The third-order valence-electron chi connectivity index (χ3n) is 3.97. The van der Waals surface area contributed by atoms with Crippen molar-refractivity contribution in [3.05, 3.63) is 59.4 Å². The summed E-state index contributed by atoms with van der Waals surface area (Å²) in [7, 11) is -2.98. The van der Waals surface area contributed by atoms with E-state index in [1.54, 1.807) is 35.4 Å². The third-order valence-corrected chi connectivity index (χ3v) is 5.16. The molecule has 0 atom stereocenters. The van der Waals surface area contributed by atoms with E-state index in [4.69, 9.17) is 0 Å². The maximum atomic E-state index is 12.5. The summed E-state index contributed by atoms with van der Waals surface area (Å²) in [6.45, 7) is 4.65. The lowest BCUT2D eigenvalue weighted by Gasteiger charge is -2.38. The number of nitrogens with zero attached hydrogens (tertiary/aromatic N) is 2. The van der Waals surface area contributed by atoms with Crippen molar-refractivity contribution in [3.8, 4) is 0 Å². The average Bonchev–Trinajstić information content (AvgIpc) is 2.55. The molecule has 0 aliphatic carbocycles. The molecule has 128 valence electrons. The molecule has 3 N–H and O–H groups in total. The number of allylic oxidation sites excluding steroid dienone is 2. The van der Waals surface area contributed by atoms with Gasteiger partial charge in [-0.2, -0.15) is 0 Å². The molecule has 0 spiro atoms. The van der Waals surface area contributed by atoms with Crippen LogP contribution in [0.25, 0.3) is 0 Å². The molecule has 6 nitrogen and oxygen atoms in total. The molecule has 24 heavy (non-hydrogen) atoms. The fourth-order valence-corrected chi connectivity index (χ4v) is 3.55. The molecular weight excluding hydrogens is 326 g/mol. The normalized spacial score (nSPS) is 20.1. The van der Waals surface area contributed by atoms with Gasteiger partial charge in [0.05, 0.1) is 11.4 Å².